The van der Waals surface area contributed by atoms with Crippen molar-refractivity contribution in [2.45, 2.75) is 63.8 Å². The monoisotopic (exact) mass is 333 g/mol. The Bertz CT molecular complexity index is 633. The normalized spacial score (nSPS) is 31.7. The molecule has 2 aromatic rings. The maximum absolute atomic E-state index is 5.87. The van der Waals surface area contributed by atoms with E-state index < -0.39 is 0 Å². The summed E-state index contributed by atoms with van der Waals surface area (Å²) in [5, 5.41) is 17.1. The van der Waals surface area contributed by atoms with E-state index >= 15 is 0 Å². The molecule has 4 rings (SSSR count). The molecule has 2 aromatic heterocycles. The number of hydrogen-bond donors (Lipinski definition) is 0. The van der Waals surface area contributed by atoms with Gasteiger partial charge in [-0.05, 0) is 72.3 Å². The zero-order valence-corrected chi connectivity index (χ0v) is 14.4. The van der Waals surface area contributed by atoms with Crippen LogP contribution in [0.4, 0.5) is 5.95 Å². The van der Waals surface area contributed by atoms with Crippen LogP contribution < -0.4 is 4.90 Å². The Hall–Kier alpha value is -1.47. The van der Waals surface area contributed by atoms with Gasteiger partial charge in [0.2, 0.25) is 5.95 Å². The minimum Gasteiger partial charge on any atom is -0.375 e. The van der Waals surface area contributed by atoms with Crippen LogP contribution in [-0.2, 0) is 4.74 Å². The molecule has 0 N–H and O–H groups in total. The van der Waals surface area contributed by atoms with E-state index in [0.717, 1.165) is 25.3 Å². The highest BCUT2D eigenvalue weighted by atomic mass is 32.1. The summed E-state index contributed by atoms with van der Waals surface area (Å²) in [6.07, 6.45) is 4.82. The summed E-state index contributed by atoms with van der Waals surface area (Å²) >= 11 is 1.76. The SMILES string of the molecule is CC1CC(n2nnnc2N2CCCC2c2ccsc2)CC(C)O1. The van der Waals surface area contributed by atoms with Crippen LogP contribution in [-0.4, -0.2) is 39.0 Å². The fourth-order valence-electron chi connectivity index (χ4n) is 4.00. The Kier molecular flexibility index (Phi) is 4.07. The van der Waals surface area contributed by atoms with Crippen molar-refractivity contribution >= 4 is 17.3 Å². The minimum atomic E-state index is 0.257. The van der Waals surface area contributed by atoms with Gasteiger partial charge in [0.1, 0.15) is 0 Å². The van der Waals surface area contributed by atoms with Gasteiger partial charge in [-0.15, -0.1) is 0 Å². The van der Waals surface area contributed by atoms with Gasteiger partial charge in [0, 0.05) is 6.54 Å². The first-order valence-electron chi connectivity index (χ1n) is 8.44. The van der Waals surface area contributed by atoms with Gasteiger partial charge in [-0.25, -0.2) is 4.68 Å². The molecule has 0 aliphatic carbocycles. The molecule has 124 valence electrons. The Morgan fingerprint density at radius 1 is 1.26 bits per heavy atom. The fraction of sp³-hybridized carbons (Fsp3) is 0.688. The summed E-state index contributed by atoms with van der Waals surface area (Å²) in [5.41, 5.74) is 1.38. The topological polar surface area (TPSA) is 56.1 Å². The molecule has 0 spiro atoms. The van der Waals surface area contributed by atoms with Crippen molar-refractivity contribution in [1.82, 2.24) is 20.2 Å². The first-order chi connectivity index (χ1) is 11.2. The number of thiophene rings is 1. The van der Waals surface area contributed by atoms with Crippen molar-refractivity contribution in [2.24, 2.45) is 0 Å². The number of anilines is 1. The van der Waals surface area contributed by atoms with Crippen LogP contribution in [0.5, 0.6) is 0 Å². The molecule has 2 aliphatic heterocycles. The lowest BCUT2D eigenvalue weighted by Crippen LogP contribution is -2.34. The van der Waals surface area contributed by atoms with E-state index in [1.165, 1.54) is 18.4 Å². The first kappa shape index (κ1) is 15.1. The average molecular weight is 333 g/mol. The second-order valence-electron chi connectivity index (χ2n) is 6.71. The van der Waals surface area contributed by atoms with Crippen molar-refractivity contribution in [3.8, 4) is 0 Å². The maximum Gasteiger partial charge on any atom is 0.246 e. The summed E-state index contributed by atoms with van der Waals surface area (Å²) in [6.45, 7) is 5.29. The Morgan fingerprint density at radius 2 is 2.09 bits per heavy atom. The van der Waals surface area contributed by atoms with E-state index in [-0.39, 0.29) is 12.2 Å². The van der Waals surface area contributed by atoms with Crippen LogP contribution in [0.25, 0.3) is 0 Å². The van der Waals surface area contributed by atoms with E-state index in [9.17, 15) is 0 Å². The third-order valence-electron chi connectivity index (χ3n) is 4.93. The molecule has 2 saturated heterocycles. The second-order valence-corrected chi connectivity index (χ2v) is 7.49. The molecule has 23 heavy (non-hydrogen) atoms. The van der Waals surface area contributed by atoms with Crippen molar-refractivity contribution in [1.29, 1.82) is 0 Å². The molecule has 3 atom stereocenters. The van der Waals surface area contributed by atoms with Crippen LogP contribution in [0.1, 0.15) is 57.2 Å². The maximum atomic E-state index is 5.87. The number of hydrogen-bond acceptors (Lipinski definition) is 6. The van der Waals surface area contributed by atoms with Gasteiger partial charge in [0.25, 0.3) is 0 Å². The summed E-state index contributed by atoms with van der Waals surface area (Å²) in [7, 11) is 0. The molecule has 0 aromatic carbocycles. The number of tetrazole rings is 1. The van der Waals surface area contributed by atoms with E-state index in [0.29, 0.717) is 12.1 Å². The molecule has 0 amide bonds. The number of nitrogens with zero attached hydrogens (tertiary/aromatic N) is 5. The molecule has 0 saturated carbocycles. The average Bonchev–Trinajstić information content (AvgIpc) is 3.26. The summed E-state index contributed by atoms with van der Waals surface area (Å²) in [5.74, 6) is 0.921. The molecule has 2 aliphatic rings. The molecular weight excluding hydrogens is 310 g/mol. The van der Waals surface area contributed by atoms with Gasteiger partial charge >= 0.3 is 0 Å². The number of ether oxygens (including phenoxy) is 1. The molecule has 4 heterocycles. The summed E-state index contributed by atoms with van der Waals surface area (Å²) in [4.78, 5) is 2.38. The smallest absolute Gasteiger partial charge is 0.246 e. The minimum absolute atomic E-state index is 0.257. The van der Waals surface area contributed by atoms with Crippen molar-refractivity contribution in [3.63, 3.8) is 0 Å². The quantitative estimate of drug-likeness (QED) is 0.863. The largest absolute Gasteiger partial charge is 0.375 e. The Balaban J connectivity index is 1.61. The van der Waals surface area contributed by atoms with Gasteiger partial charge in [0.15, 0.2) is 0 Å². The highest BCUT2D eigenvalue weighted by Gasteiger charge is 2.34. The van der Waals surface area contributed by atoms with Crippen molar-refractivity contribution in [3.05, 3.63) is 22.4 Å². The van der Waals surface area contributed by atoms with Gasteiger partial charge in [0.05, 0.1) is 24.3 Å². The lowest BCUT2D eigenvalue weighted by Gasteiger charge is -2.33. The van der Waals surface area contributed by atoms with Crippen molar-refractivity contribution < 1.29 is 4.74 Å². The fourth-order valence-corrected chi connectivity index (χ4v) is 4.71. The zero-order valence-electron chi connectivity index (χ0n) is 13.6. The number of rotatable bonds is 3. The second kappa shape index (κ2) is 6.20. The van der Waals surface area contributed by atoms with Gasteiger partial charge < -0.3 is 9.64 Å². The van der Waals surface area contributed by atoms with Crippen LogP contribution in [0.2, 0.25) is 0 Å². The van der Waals surface area contributed by atoms with Gasteiger partial charge in [-0.1, -0.05) is 5.10 Å². The molecule has 7 heteroatoms. The van der Waals surface area contributed by atoms with E-state index in [2.05, 4.69) is 51.1 Å². The van der Waals surface area contributed by atoms with Crippen LogP contribution in [0.3, 0.4) is 0 Å². The van der Waals surface area contributed by atoms with Crippen LogP contribution in [0, 0.1) is 0 Å². The Labute approximate surface area is 140 Å². The molecule has 0 radical (unpaired) electrons. The van der Waals surface area contributed by atoms with E-state index in [4.69, 9.17) is 4.74 Å². The predicted octanol–water partition coefficient (Wildman–Crippen LogP) is 3.20. The standard InChI is InChI=1S/C16H23N5OS/c1-11-8-14(9-12(2)22-11)21-16(17-18-19-21)20-6-3-4-15(20)13-5-7-23-10-13/h5,7,10-12,14-15H,3-4,6,8-9H2,1-2H3. The van der Waals surface area contributed by atoms with Crippen LogP contribution >= 0.6 is 11.3 Å². The highest BCUT2D eigenvalue weighted by Crippen LogP contribution is 2.38. The summed E-state index contributed by atoms with van der Waals surface area (Å²) < 4.78 is 7.91. The van der Waals surface area contributed by atoms with Crippen LogP contribution in [0.15, 0.2) is 16.8 Å². The van der Waals surface area contributed by atoms with E-state index in [1.807, 2.05) is 4.68 Å². The van der Waals surface area contributed by atoms with E-state index in [1.54, 1.807) is 11.3 Å². The predicted molar refractivity (Wildman–Crippen MR) is 89.7 cm³/mol. The molecule has 6 nitrogen and oxygen atoms in total. The van der Waals surface area contributed by atoms with Crippen molar-refractivity contribution in [2.75, 3.05) is 11.4 Å². The lowest BCUT2D eigenvalue weighted by molar-refractivity contribution is -0.0506. The molecule has 3 unspecified atom stereocenters. The molecular formula is C16H23N5OS. The highest BCUT2D eigenvalue weighted by molar-refractivity contribution is 7.08. The van der Waals surface area contributed by atoms with Gasteiger partial charge in [-0.2, -0.15) is 11.3 Å². The number of aromatic nitrogens is 4. The van der Waals surface area contributed by atoms with Gasteiger partial charge in [-0.3, -0.25) is 0 Å². The zero-order chi connectivity index (χ0) is 15.8. The Morgan fingerprint density at radius 3 is 2.83 bits per heavy atom. The first-order valence-corrected chi connectivity index (χ1v) is 9.38. The summed E-state index contributed by atoms with van der Waals surface area (Å²) in [6, 6.07) is 2.95. The lowest BCUT2D eigenvalue weighted by atomic mass is 10.00. The molecule has 2 fully saturated rings. The third kappa shape index (κ3) is 2.87. The molecule has 0 bridgehead atoms. The third-order valence-corrected chi connectivity index (χ3v) is 5.63.